The first kappa shape index (κ1) is 22.9. The fraction of sp³-hybridized carbons (Fsp3) is 0.316. The van der Waals surface area contributed by atoms with Gasteiger partial charge in [-0.15, -0.1) is 35.3 Å². The number of esters is 1. The van der Waals surface area contributed by atoms with E-state index >= 15 is 0 Å². The van der Waals surface area contributed by atoms with Crippen molar-refractivity contribution < 1.29 is 19.1 Å². The highest BCUT2D eigenvalue weighted by Gasteiger charge is 2.21. The van der Waals surface area contributed by atoms with Crippen molar-refractivity contribution in [1.29, 1.82) is 0 Å². The minimum absolute atomic E-state index is 0. The van der Waals surface area contributed by atoms with E-state index in [0.717, 1.165) is 10.6 Å². The summed E-state index contributed by atoms with van der Waals surface area (Å²) in [6.07, 6.45) is 0. The Kier molecular flexibility index (Phi) is 7.85. The first-order valence-electron chi connectivity index (χ1n) is 8.77. The number of amides is 1. The molecule has 2 heterocycles. The molecule has 0 aliphatic rings. The standard InChI is InChI=1S/C19H22N4O4S.HI/c1-5-27-18(25)17-16(13-8-12(26-4)6-7-14(13)22-17)23-15(24)9-20-19-21-10(2)11(3)28-19;/h6-8,22H,5,9H2,1-4H3,(H,20,21)(H,23,24);1H. The molecule has 0 radical (unpaired) electrons. The number of halogens is 1. The van der Waals surface area contributed by atoms with Gasteiger partial charge in [0, 0.05) is 15.8 Å². The lowest BCUT2D eigenvalue weighted by Crippen LogP contribution is -2.23. The van der Waals surface area contributed by atoms with Gasteiger partial charge in [-0.3, -0.25) is 4.79 Å². The molecular formula is C19H23IN4O4S. The van der Waals surface area contributed by atoms with Crippen molar-refractivity contribution >= 4 is 68.9 Å². The Morgan fingerprint density at radius 1 is 1.28 bits per heavy atom. The van der Waals surface area contributed by atoms with Crippen LogP contribution in [-0.4, -0.2) is 42.1 Å². The second-order valence-electron chi connectivity index (χ2n) is 6.07. The van der Waals surface area contributed by atoms with Gasteiger partial charge in [0.1, 0.15) is 11.4 Å². The van der Waals surface area contributed by atoms with E-state index < -0.39 is 5.97 Å². The number of hydrogen-bond donors (Lipinski definition) is 3. The summed E-state index contributed by atoms with van der Waals surface area (Å²) >= 11 is 1.49. The third-order valence-electron chi connectivity index (χ3n) is 4.18. The number of aryl methyl sites for hydroxylation is 2. The summed E-state index contributed by atoms with van der Waals surface area (Å²) in [6, 6.07) is 5.31. The van der Waals surface area contributed by atoms with Gasteiger partial charge in [0.05, 0.1) is 31.6 Å². The van der Waals surface area contributed by atoms with Crippen LogP contribution in [-0.2, 0) is 9.53 Å². The van der Waals surface area contributed by atoms with Crippen LogP contribution >= 0.6 is 35.3 Å². The normalized spacial score (nSPS) is 10.3. The van der Waals surface area contributed by atoms with Crippen LogP contribution in [0.1, 0.15) is 28.0 Å². The number of benzene rings is 1. The molecule has 0 bridgehead atoms. The minimum Gasteiger partial charge on any atom is -0.497 e. The summed E-state index contributed by atoms with van der Waals surface area (Å²) in [5, 5.41) is 7.15. The number of ether oxygens (including phenoxy) is 2. The lowest BCUT2D eigenvalue weighted by Gasteiger charge is -2.08. The predicted octanol–water partition coefficient (Wildman–Crippen LogP) is 4.10. The SMILES string of the molecule is CCOC(=O)c1[nH]c2ccc(OC)cc2c1NC(=O)CNc1nc(C)c(C)s1.I. The molecule has 0 aliphatic carbocycles. The van der Waals surface area contributed by atoms with Crippen molar-refractivity contribution in [3.63, 3.8) is 0 Å². The Bertz CT molecular complexity index is 1010. The molecule has 0 fully saturated rings. The monoisotopic (exact) mass is 530 g/mol. The highest BCUT2D eigenvalue weighted by Crippen LogP contribution is 2.31. The lowest BCUT2D eigenvalue weighted by molar-refractivity contribution is -0.114. The summed E-state index contributed by atoms with van der Waals surface area (Å²) in [7, 11) is 1.56. The molecule has 8 nitrogen and oxygen atoms in total. The van der Waals surface area contributed by atoms with Crippen LogP contribution in [0.2, 0.25) is 0 Å². The zero-order valence-corrected chi connectivity index (χ0v) is 19.7. The van der Waals surface area contributed by atoms with Gasteiger partial charge in [-0.25, -0.2) is 9.78 Å². The number of thiazole rings is 1. The van der Waals surface area contributed by atoms with E-state index in [9.17, 15) is 9.59 Å². The third-order valence-corrected chi connectivity index (χ3v) is 5.21. The van der Waals surface area contributed by atoms with Crippen molar-refractivity contribution in [2.45, 2.75) is 20.8 Å². The van der Waals surface area contributed by atoms with Crippen molar-refractivity contribution in [2.75, 3.05) is 30.9 Å². The van der Waals surface area contributed by atoms with Gasteiger partial charge in [-0.05, 0) is 39.0 Å². The molecule has 3 rings (SSSR count). The molecule has 3 N–H and O–H groups in total. The smallest absolute Gasteiger partial charge is 0.356 e. The fourth-order valence-electron chi connectivity index (χ4n) is 2.67. The van der Waals surface area contributed by atoms with Crippen LogP contribution in [0.3, 0.4) is 0 Å². The first-order chi connectivity index (χ1) is 13.4. The molecule has 0 atom stereocenters. The van der Waals surface area contributed by atoms with Crippen LogP contribution < -0.4 is 15.4 Å². The number of anilines is 2. The molecule has 3 aromatic rings. The summed E-state index contributed by atoms with van der Waals surface area (Å²) in [5.74, 6) is -0.226. The number of fused-ring (bicyclic) bond motifs is 1. The van der Waals surface area contributed by atoms with Crippen LogP contribution in [0.15, 0.2) is 18.2 Å². The van der Waals surface area contributed by atoms with Crippen LogP contribution in [0.5, 0.6) is 5.75 Å². The zero-order chi connectivity index (χ0) is 20.3. The Labute approximate surface area is 189 Å². The molecule has 29 heavy (non-hydrogen) atoms. The lowest BCUT2D eigenvalue weighted by atomic mass is 10.2. The maximum absolute atomic E-state index is 12.5. The van der Waals surface area contributed by atoms with Crippen molar-refractivity contribution in [3.05, 3.63) is 34.5 Å². The van der Waals surface area contributed by atoms with E-state index in [2.05, 4.69) is 20.6 Å². The van der Waals surface area contributed by atoms with E-state index in [1.54, 1.807) is 32.2 Å². The number of aromatic nitrogens is 2. The number of carbonyl (C=O) groups excluding carboxylic acids is 2. The van der Waals surface area contributed by atoms with E-state index in [4.69, 9.17) is 9.47 Å². The van der Waals surface area contributed by atoms with E-state index in [1.807, 2.05) is 13.8 Å². The molecule has 0 saturated carbocycles. The number of methoxy groups -OCH3 is 1. The van der Waals surface area contributed by atoms with E-state index in [0.29, 0.717) is 27.5 Å². The molecule has 0 saturated heterocycles. The highest BCUT2D eigenvalue weighted by molar-refractivity contribution is 14.0. The number of nitrogens with one attached hydrogen (secondary N) is 3. The van der Waals surface area contributed by atoms with Gasteiger partial charge in [0.2, 0.25) is 5.91 Å². The topological polar surface area (TPSA) is 105 Å². The maximum atomic E-state index is 12.5. The minimum atomic E-state index is -0.535. The van der Waals surface area contributed by atoms with Gasteiger partial charge in [0.15, 0.2) is 5.13 Å². The molecule has 1 amide bonds. The summed E-state index contributed by atoms with van der Waals surface area (Å²) in [6.45, 7) is 5.87. The van der Waals surface area contributed by atoms with E-state index in [-0.39, 0.29) is 48.7 Å². The molecule has 1 aromatic carbocycles. The largest absolute Gasteiger partial charge is 0.497 e. The van der Waals surface area contributed by atoms with Gasteiger partial charge in [-0.1, -0.05) is 0 Å². The highest BCUT2D eigenvalue weighted by atomic mass is 127. The quantitative estimate of drug-likeness (QED) is 0.314. The van der Waals surface area contributed by atoms with Crippen LogP contribution in [0, 0.1) is 13.8 Å². The Hall–Kier alpha value is -2.34. The number of nitrogens with zero attached hydrogens (tertiary/aromatic N) is 1. The number of hydrogen-bond acceptors (Lipinski definition) is 7. The van der Waals surface area contributed by atoms with Gasteiger partial charge >= 0.3 is 5.97 Å². The zero-order valence-electron chi connectivity index (χ0n) is 16.5. The summed E-state index contributed by atoms with van der Waals surface area (Å²) in [4.78, 5) is 33.3. The van der Waals surface area contributed by atoms with Crippen molar-refractivity contribution in [2.24, 2.45) is 0 Å². The first-order valence-corrected chi connectivity index (χ1v) is 9.59. The van der Waals surface area contributed by atoms with Crippen LogP contribution in [0.25, 0.3) is 10.9 Å². The second-order valence-corrected chi connectivity index (χ2v) is 7.27. The van der Waals surface area contributed by atoms with Gasteiger partial charge in [0.25, 0.3) is 0 Å². The molecule has 0 aliphatic heterocycles. The van der Waals surface area contributed by atoms with Gasteiger partial charge < -0.3 is 25.1 Å². The predicted molar refractivity (Wildman–Crippen MR) is 125 cm³/mol. The number of H-pyrrole nitrogens is 1. The molecule has 0 spiro atoms. The molecular weight excluding hydrogens is 507 g/mol. The van der Waals surface area contributed by atoms with Crippen LogP contribution in [0.4, 0.5) is 10.8 Å². The number of rotatable bonds is 7. The number of carbonyl (C=O) groups is 2. The van der Waals surface area contributed by atoms with Crippen molar-refractivity contribution in [3.8, 4) is 5.75 Å². The van der Waals surface area contributed by atoms with Gasteiger partial charge in [-0.2, -0.15) is 0 Å². The Balaban J connectivity index is 0.00000300. The third kappa shape index (κ3) is 5.18. The Morgan fingerprint density at radius 2 is 2.03 bits per heavy atom. The Morgan fingerprint density at radius 3 is 2.66 bits per heavy atom. The molecule has 156 valence electrons. The molecule has 0 unspecified atom stereocenters. The maximum Gasteiger partial charge on any atom is 0.356 e. The van der Waals surface area contributed by atoms with E-state index in [1.165, 1.54) is 11.3 Å². The second kappa shape index (κ2) is 9.92. The summed E-state index contributed by atoms with van der Waals surface area (Å²) < 4.78 is 10.4. The average molecular weight is 530 g/mol. The molecule has 2 aromatic heterocycles. The fourth-order valence-corrected chi connectivity index (χ4v) is 3.48. The average Bonchev–Trinajstić information content (AvgIpc) is 3.19. The molecule has 10 heteroatoms. The number of aromatic amines is 1. The summed E-state index contributed by atoms with van der Waals surface area (Å²) in [5.41, 5.74) is 2.18. The van der Waals surface area contributed by atoms with Crippen molar-refractivity contribution in [1.82, 2.24) is 9.97 Å².